The Labute approximate surface area is 195 Å². The van der Waals surface area contributed by atoms with Gasteiger partial charge in [0.2, 0.25) is 11.8 Å². The number of primary amides is 1. The molecule has 0 bridgehead atoms. The summed E-state index contributed by atoms with van der Waals surface area (Å²) in [6.45, 7) is 2.48. The number of amides is 4. The Balaban J connectivity index is 1.57. The minimum Gasteiger partial charge on any atom is -0.366 e. The Morgan fingerprint density at radius 3 is 2.30 bits per heavy atom. The van der Waals surface area contributed by atoms with Crippen molar-refractivity contribution in [1.29, 1.82) is 0 Å². The molecule has 0 unspecified atom stereocenters. The fraction of sp³-hybridized carbons (Fsp3) is 0.167. The van der Waals surface area contributed by atoms with E-state index in [0.29, 0.717) is 33.9 Å². The predicted octanol–water partition coefficient (Wildman–Crippen LogP) is 3.59. The number of carbonyl (C=O) groups is 4. The molecule has 2 aromatic carbocycles. The summed E-state index contributed by atoms with van der Waals surface area (Å²) in [6.07, 6.45) is 0.103. The number of rotatable bonds is 9. The van der Waals surface area contributed by atoms with Crippen LogP contribution in [0.4, 0.5) is 11.4 Å². The average molecular weight is 465 g/mol. The van der Waals surface area contributed by atoms with Crippen LogP contribution in [0.2, 0.25) is 0 Å². The van der Waals surface area contributed by atoms with Crippen molar-refractivity contribution in [2.45, 2.75) is 13.3 Å². The molecular formula is C24H24N4O4S. The Morgan fingerprint density at radius 1 is 0.909 bits per heavy atom. The van der Waals surface area contributed by atoms with Crippen LogP contribution in [0.15, 0.2) is 66.0 Å². The van der Waals surface area contributed by atoms with E-state index < -0.39 is 5.91 Å². The van der Waals surface area contributed by atoms with E-state index in [2.05, 4.69) is 10.6 Å². The maximum absolute atomic E-state index is 13.0. The lowest BCUT2D eigenvalue weighted by Crippen LogP contribution is -2.33. The molecule has 8 nitrogen and oxygen atoms in total. The molecule has 170 valence electrons. The summed E-state index contributed by atoms with van der Waals surface area (Å²) in [5.74, 6) is -1.27. The normalized spacial score (nSPS) is 10.3. The molecule has 0 aliphatic heterocycles. The zero-order valence-corrected chi connectivity index (χ0v) is 18.9. The molecule has 9 heteroatoms. The summed E-state index contributed by atoms with van der Waals surface area (Å²) in [5.41, 5.74) is 7.04. The molecule has 1 aromatic heterocycles. The van der Waals surface area contributed by atoms with Crippen LogP contribution in [0.1, 0.15) is 43.7 Å². The molecule has 3 aromatic rings. The van der Waals surface area contributed by atoms with E-state index in [0.717, 1.165) is 0 Å². The molecule has 0 saturated heterocycles. The van der Waals surface area contributed by atoms with Crippen molar-refractivity contribution in [2.75, 3.05) is 23.7 Å². The highest BCUT2D eigenvalue weighted by Gasteiger charge is 2.17. The highest BCUT2D eigenvalue weighted by atomic mass is 32.1. The third-order valence-corrected chi connectivity index (χ3v) is 5.71. The minimum absolute atomic E-state index is 0.103. The van der Waals surface area contributed by atoms with Gasteiger partial charge in [-0.1, -0.05) is 12.1 Å². The largest absolute Gasteiger partial charge is 0.366 e. The SMILES string of the molecule is CCN(CCC(=O)Nc1ccc(C(N)=O)cc1)C(=O)c1cccc(NC(=O)c2cccs2)c1. The first-order chi connectivity index (χ1) is 15.9. The van der Waals surface area contributed by atoms with E-state index in [-0.39, 0.29) is 30.7 Å². The second-order valence-electron chi connectivity index (χ2n) is 7.14. The lowest BCUT2D eigenvalue weighted by molar-refractivity contribution is -0.116. The molecule has 0 aliphatic carbocycles. The topological polar surface area (TPSA) is 122 Å². The third kappa shape index (κ3) is 6.50. The van der Waals surface area contributed by atoms with Gasteiger partial charge >= 0.3 is 0 Å². The van der Waals surface area contributed by atoms with Crippen LogP contribution < -0.4 is 16.4 Å². The number of nitrogens with zero attached hydrogens (tertiary/aromatic N) is 1. The molecule has 0 aliphatic rings. The number of nitrogens with one attached hydrogen (secondary N) is 2. The molecule has 4 amide bonds. The van der Waals surface area contributed by atoms with Gasteiger partial charge in [0.25, 0.3) is 11.8 Å². The quantitative estimate of drug-likeness (QED) is 0.448. The van der Waals surface area contributed by atoms with Gasteiger partial charge < -0.3 is 21.3 Å². The molecule has 0 radical (unpaired) electrons. The van der Waals surface area contributed by atoms with Gasteiger partial charge in [0.1, 0.15) is 0 Å². The van der Waals surface area contributed by atoms with Gasteiger partial charge in [0.05, 0.1) is 4.88 Å². The first kappa shape index (κ1) is 23.7. The Bertz CT molecular complexity index is 1140. The van der Waals surface area contributed by atoms with E-state index in [1.165, 1.54) is 23.5 Å². The number of anilines is 2. The molecule has 0 saturated carbocycles. The van der Waals surface area contributed by atoms with Gasteiger partial charge in [0.15, 0.2) is 0 Å². The highest BCUT2D eigenvalue weighted by molar-refractivity contribution is 7.12. The zero-order chi connectivity index (χ0) is 23.8. The molecule has 0 atom stereocenters. The number of carbonyl (C=O) groups excluding carboxylic acids is 4. The van der Waals surface area contributed by atoms with Gasteiger partial charge in [-0.05, 0) is 60.8 Å². The summed E-state index contributed by atoms with van der Waals surface area (Å²) in [7, 11) is 0. The van der Waals surface area contributed by atoms with Gasteiger partial charge in [-0.3, -0.25) is 19.2 Å². The average Bonchev–Trinajstić information content (AvgIpc) is 3.35. The summed E-state index contributed by atoms with van der Waals surface area (Å²) < 4.78 is 0. The van der Waals surface area contributed by atoms with E-state index in [9.17, 15) is 19.2 Å². The highest BCUT2D eigenvalue weighted by Crippen LogP contribution is 2.16. The first-order valence-electron chi connectivity index (χ1n) is 10.3. The van der Waals surface area contributed by atoms with Crippen molar-refractivity contribution in [1.82, 2.24) is 4.90 Å². The molecule has 1 heterocycles. The van der Waals surface area contributed by atoms with Crippen molar-refractivity contribution in [3.63, 3.8) is 0 Å². The van der Waals surface area contributed by atoms with Crippen LogP contribution in [0.5, 0.6) is 0 Å². The maximum Gasteiger partial charge on any atom is 0.265 e. The van der Waals surface area contributed by atoms with Crippen molar-refractivity contribution in [3.8, 4) is 0 Å². The molecule has 4 N–H and O–H groups in total. The lowest BCUT2D eigenvalue weighted by Gasteiger charge is -2.21. The first-order valence-corrected chi connectivity index (χ1v) is 11.2. The van der Waals surface area contributed by atoms with Gasteiger partial charge in [-0.15, -0.1) is 11.3 Å². The summed E-state index contributed by atoms with van der Waals surface area (Å²) in [6, 6.07) is 16.5. The number of thiophene rings is 1. The molecule has 33 heavy (non-hydrogen) atoms. The number of benzene rings is 2. The minimum atomic E-state index is -0.542. The Hall–Kier alpha value is -3.98. The Kier molecular flexibility index (Phi) is 7.93. The predicted molar refractivity (Wildman–Crippen MR) is 128 cm³/mol. The number of nitrogens with two attached hydrogens (primary N) is 1. The van der Waals surface area contributed by atoms with E-state index in [4.69, 9.17) is 5.73 Å². The van der Waals surface area contributed by atoms with Crippen LogP contribution >= 0.6 is 11.3 Å². The maximum atomic E-state index is 13.0. The van der Waals surface area contributed by atoms with Crippen molar-refractivity contribution in [2.24, 2.45) is 5.73 Å². The summed E-state index contributed by atoms with van der Waals surface area (Å²) in [5, 5.41) is 7.35. The third-order valence-electron chi connectivity index (χ3n) is 4.84. The number of hydrogen-bond donors (Lipinski definition) is 3. The van der Waals surface area contributed by atoms with Crippen molar-refractivity contribution >= 4 is 46.3 Å². The molecule has 3 rings (SSSR count). The summed E-state index contributed by atoms with van der Waals surface area (Å²) in [4.78, 5) is 50.8. The Morgan fingerprint density at radius 2 is 1.67 bits per heavy atom. The van der Waals surface area contributed by atoms with Crippen LogP contribution in [-0.2, 0) is 4.79 Å². The van der Waals surface area contributed by atoms with E-state index in [1.54, 1.807) is 53.4 Å². The van der Waals surface area contributed by atoms with Crippen LogP contribution in [-0.4, -0.2) is 41.6 Å². The van der Waals surface area contributed by atoms with Crippen LogP contribution in [0, 0.1) is 0 Å². The standard InChI is InChI=1S/C24H24N4O4S/c1-2-28(13-12-21(29)26-18-10-8-16(9-11-18)22(25)30)24(32)17-5-3-6-19(15-17)27-23(31)20-7-4-14-33-20/h3-11,14-15H,2,12-13H2,1H3,(H2,25,30)(H,26,29)(H,27,31). The van der Waals surface area contributed by atoms with Gasteiger partial charge in [-0.2, -0.15) is 0 Å². The van der Waals surface area contributed by atoms with Crippen molar-refractivity contribution in [3.05, 3.63) is 82.0 Å². The zero-order valence-electron chi connectivity index (χ0n) is 18.0. The molecule has 0 fully saturated rings. The van der Waals surface area contributed by atoms with E-state index in [1.807, 2.05) is 12.3 Å². The van der Waals surface area contributed by atoms with Crippen LogP contribution in [0.25, 0.3) is 0 Å². The smallest absolute Gasteiger partial charge is 0.265 e. The molecular weight excluding hydrogens is 440 g/mol. The molecule has 0 spiro atoms. The lowest BCUT2D eigenvalue weighted by atomic mass is 10.1. The monoisotopic (exact) mass is 464 g/mol. The van der Waals surface area contributed by atoms with Crippen LogP contribution in [0.3, 0.4) is 0 Å². The summed E-state index contributed by atoms with van der Waals surface area (Å²) >= 11 is 1.34. The van der Waals surface area contributed by atoms with E-state index >= 15 is 0 Å². The fourth-order valence-electron chi connectivity index (χ4n) is 3.09. The van der Waals surface area contributed by atoms with Gasteiger partial charge in [-0.25, -0.2) is 0 Å². The van der Waals surface area contributed by atoms with Gasteiger partial charge in [0, 0.05) is 42.0 Å². The fourth-order valence-corrected chi connectivity index (χ4v) is 3.71. The van der Waals surface area contributed by atoms with Crippen molar-refractivity contribution < 1.29 is 19.2 Å². The number of hydrogen-bond acceptors (Lipinski definition) is 5. The second kappa shape index (κ2) is 11.1. The second-order valence-corrected chi connectivity index (χ2v) is 8.08.